The van der Waals surface area contributed by atoms with Crippen molar-refractivity contribution in [2.75, 3.05) is 25.1 Å². The highest BCUT2D eigenvalue weighted by Gasteiger charge is 2.27. The predicted molar refractivity (Wildman–Crippen MR) is 86.8 cm³/mol. The Labute approximate surface area is 134 Å². The molecule has 0 bridgehead atoms. The first-order valence-corrected chi connectivity index (χ1v) is 7.69. The molecule has 0 spiro atoms. The third-order valence-electron chi connectivity index (χ3n) is 3.25. The smallest absolute Gasteiger partial charge is 0.372 e. The molecule has 130 valence electrons. The Morgan fingerprint density at radius 3 is 2.35 bits per heavy atom. The molecule has 0 radical (unpaired) electrons. The number of hydrogen-bond donors (Lipinski definition) is 2. The van der Waals surface area contributed by atoms with Crippen molar-refractivity contribution in [3.63, 3.8) is 0 Å². The number of hydrogen-bond acceptors (Lipinski definition) is 2. The van der Waals surface area contributed by atoms with E-state index in [1.165, 1.54) is 0 Å². The molecule has 0 saturated heterocycles. The van der Waals surface area contributed by atoms with E-state index in [0.29, 0.717) is 13.0 Å². The summed E-state index contributed by atoms with van der Waals surface area (Å²) >= 11 is 0. The highest BCUT2D eigenvalue weighted by Crippen LogP contribution is 2.22. The Kier molecular flexibility index (Phi) is 7.88. The van der Waals surface area contributed by atoms with Gasteiger partial charge in [0.05, 0.1) is 0 Å². The number of halogens is 3. The summed E-state index contributed by atoms with van der Waals surface area (Å²) in [6.45, 7) is 3.21. The van der Waals surface area contributed by atoms with Crippen molar-refractivity contribution in [3.8, 4) is 0 Å². The van der Waals surface area contributed by atoms with Gasteiger partial charge in [-0.3, -0.25) is 4.99 Å². The molecule has 1 aromatic rings. The molecule has 0 unspecified atom stereocenters. The van der Waals surface area contributed by atoms with E-state index in [1.807, 2.05) is 18.2 Å². The molecule has 23 heavy (non-hydrogen) atoms. The van der Waals surface area contributed by atoms with Crippen LogP contribution in [-0.2, 0) is 17.6 Å². The standard InChI is InChI=1S/C16H24F3N3O/c1-3-12-7-5-8-13(4-2)14(12)22-15(20)21-9-6-10-23-11-16(17,18)19/h5,7-8H,3-4,6,9-11H2,1-2H3,(H3,20,21,22). The van der Waals surface area contributed by atoms with Gasteiger partial charge in [0, 0.05) is 18.8 Å². The monoisotopic (exact) mass is 331 g/mol. The maximum absolute atomic E-state index is 11.9. The number of alkyl halides is 3. The minimum absolute atomic E-state index is 0.00203. The second-order valence-electron chi connectivity index (χ2n) is 5.07. The molecule has 4 nitrogen and oxygen atoms in total. The fourth-order valence-electron chi connectivity index (χ4n) is 2.12. The summed E-state index contributed by atoms with van der Waals surface area (Å²) < 4.78 is 40.2. The molecule has 3 N–H and O–H groups in total. The van der Waals surface area contributed by atoms with Gasteiger partial charge < -0.3 is 15.8 Å². The molecule has 0 aliphatic rings. The van der Waals surface area contributed by atoms with E-state index in [2.05, 4.69) is 28.9 Å². The summed E-state index contributed by atoms with van der Waals surface area (Å²) in [6.07, 6.45) is -2.16. The Bertz CT molecular complexity index is 494. The zero-order chi connectivity index (χ0) is 17.3. The Morgan fingerprint density at radius 1 is 1.22 bits per heavy atom. The van der Waals surface area contributed by atoms with Crippen molar-refractivity contribution in [3.05, 3.63) is 29.3 Å². The average Bonchev–Trinajstić information content (AvgIpc) is 2.49. The van der Waals surface area contributed by atoms with E-state index in [9.17, 15) is 13.2 Å². The molecule has 0 aromatic heterocycles. The fourth-order valence-corrected chi connectivity index (χ4v) is 2.12. The molecule has 0 heterocycles. The van der Waals surface area contributed by atoms with Gasteiger partial charge in [0.2, 0.25) is 0 Å². The maximum atomic E-state index is 11.9. The highest BCUT2D eigenvalue weighted by molar-refractivity contribution is 5.93. The molecule has 0 saturated carbocycles. The van der Waals surface area contributed by atoms with Crippen LogP contribution < -0.4 is 11.1 Å². The molecule has 0 atom stereocenters. The average molecular weight is 331 g/mol. The van der Waals surface area contributed by atoms with E-state index in [0.717, 1.165) is 29.7 Å². The lowest BCUT2D eigenvalue weighted by Gasteiger charge is -2.14. The Hall–Kier alpha value is -1.76. The van der Waals surface area contributed by atoms with Gasteiger partial charge >= 0.3 is 6.18 Å². The van der Waals surface area contributed by atoms with Gasteiger partial charge in [-0.2, -0.15) is 13.2 Å². The summed E-state index contributed by atoms with van der Waals surface area (Å²) in [5.74, 6) is 0.261. The molecule has 0 aliphatic heterocycles. The van der Waals surface area contributed by atoms with Crippen LogP contribution in [0.5, 0.6) is 0 Å². The largest absolute Gasteiger partial charge is 0.411 e. The Balaban J connectivity index is 2.48. The van der Waals surface area contributed by atoms with Gasteiger partial charge in [-0.25, -0.2) is 0 Å². The molecule has 1 aromatic carbocycles. The molecule has 0 aliphatic carbocycles. The van der Waals surface area contributed by atoms with E-state index < -0.39 is 12.8 Å². The number of anilines is 1. The van der Waals surface area contributed by atoms with Crippen LogP contribution in [0.2, 0.25) is 0 Å². The summed E-state index contributed by atoms with van der Waals surface area (Å²) in [4.78, 5) is 4.13. The van der Waals surface area contributed by atoms with Crippen molar-refractivity contribution in [1.82, 2.24) is 0 Å². The normalized spacial score (nSPS) is 12.5. The number of benzene rings is 1. The minimum Gasteiger partial charge on any atom is -0.372 e. The topological polar surface area (TPSA) is 59.6 Å². The molecule has 1 rings (SSSR count). The summed E-state index contributed by atoms with van der Waals surface area (Å²) in [6, 6.07) is 6.06. The van der Waals surface area contributed by atoms with Crippen LogP contribution in [0.4, 0.5) is 18.9 Å². The van der Waals surface area contributed by atoms with E-state index in [1.54, 1.807) is 0 Å². The first-order chi connectivity index (χ1) is 10.9. The van der Waals surface area contributed by atoms with Crippen LogP contribution in [0.25, 0.3) is 0 Å². The second-order valence-corrected chi connectivity index (χ2v) is 5.07. The SMILES string of the molecule is CCc1cccc(CC)c1NC(N)=NCCCOCC(F)(F)F. The molecule has 7 heteroatoms. The van der Waals surface area contributed by atoms with Crippen molar-refractivity contribution in [1.29, 1.82) is 0 Å². The van der Waals surface area contributed by atoms with Gasteiger partial charge in [0.25, 0.3) is 0 Å². The molecular formula is C16H24F3N3O. The van der Waals surface area contributed by atoms with Crippen LogP contribution in [0.1, 0.15) is 31.4 Å². The number of nitrogens with zero attached hydrogens (tertiary/aromatic N) is 1. The number of nitrogens with one attached hydrogen (secondary N) is 1. The number of aliphatic imine (C=N–C) groups is 1. The van der Waals surface area contributed by atoms with Crippen molar-refractivity contribution in [2.45, 2.75) is 39.3 Å². The van der Waals surface area contributed by atoms with Gasteiger partial charge in [-0.1, -0.05) is 32.0 Å². The van der Waals surface area contributed by atoms with Gasteiger partial charge in [0.15, 0.2) is 5.96 Å². The minimum atomic E-state index is -4.29. The Morgan fingerprint density at radius 2 is 1.83 bits per heavy atom. The third-order valence-corrected chi connectivity index (χ3v) is 3.25. The first kappa shape index (κ1) is 19.3. The van der Waals surface area contributed by atoms with Crippen LogP contribution in [0.15, 0.2) is 23.2 Å². The van der Waals surface area contributed by atoms with E-state index in [4.69, 9.17) is 5.73 Å². The third kappa shape index (κ3) is 7.36. The summed E-state index contributed by atoms with van der Waals surface area (Å²) in [5.41, 5.74) is 9.12. The number of nitrogens with two attached hydrogens (primary N) is 1. The maximum Gasteiger partial charge on any atom is 0.411 e. The van der Waals surface area contributed by atoms with Crippen molar-refractivity contribution >= 4 is 11.6 Å². The highest BCUT2D eigenvalue weighted by atomic mass is 19.4. The number of aryl methyl sites for hydroxylation is 2. The van der Waals surface area contributed by atoms with Crippen LogP contribution >= 0.6 is 0 Å². The molecule has 0 fully saturated rings. The van der Waals surface area contributed by atoms with Crippen molar-refractivity contribution in [2.24, 2.45) is 10.7 Å². The summed E-state index contributed by atoms with van der Waals surface area (Å²) in [7, 11) is 0. The fraction of sp³-hybridized carbons (Fsp3) is 0.562. The predicted octanol–water partition coefficient (Wildman–Crippen LogP) is 3.51. The van der Waals surface area contributed by atoms with E-state index >= 15 is 0 Å². The first-order valence-electron chi connectivity index (χ1n) is 7.69. The second kappa shape index (κ2) is 9.39. The van der Waals surface area contributed by atoms with Gasteiger partial charge in [0.1, 0.15) is 6.61 Å². The summed E-state index contributed by atoms with van der Waals surface area (Å²) in [5, 5.41) is 3.10. The number of guanidine groups is 1. The molecule has 0 amide bonds. The van der Waals surface area contributed by atoms with Crippen molar-refractivity contribution < 1.29 is 17.9 Å². The lowest BCUT2D eigenvalue weighted by molar-refractivity contribution is -0.173. The zero-order valence-corrected chi connectivity index (χ0v) is 13.5. The zero-order valence-electron chi connectivity index (χ0n) is 13.5. The number of para-hydroxylation sites is 1. The number of ether oxygens (including phenoxy) is 1. The molecular weight excluding hydrogens is 307 g/mol. The van der Waals surface area contributed by atoms with Gasteiger partial charge in [-0.15, -0.1) is 0 Å². The van der Waals surface area contributed by atoms with Gasteiger partial charge in [-0.05, 0) is 30.4 Å². The lowest BCUT2D eigenvalue weighted by atomic mass is 10.0. The lowest BCUT2D eigenvalue weighted by Crippen LogP contribution is -2.24. The van der Waals surface area contributed by atoms with Crippen LogP contribution in [0, 0.1) is 0 Å². The number of rotatable bonds is 8. The van der Waals surface area contributed by atoms with Crippen LogP contribution in [-0.4, -0.2) is 31.9 Å². The van der Waals surface area contributed by atoms with Crippen LogP contribution in [0.3, 0.4) is 0 Å². The van der Waals surface area contributed by atoms with E-state index in [-0.39, 0.29) is 12.6 Å². The quantitative estimate of drug-likeness (QED) is 0.435.